The average Bonchev–Trinajstić information content (AvgIpc) is 1.58. The Balaban J connectivity index is 0.720. The molecule has 15 heterocycles. The summed E-state index contributed by atoms with van der Waals surface area (Å²) in [5, 5.41) is 0. The van der Waals surface area contributed by atoms with E-state index in [0.717, 1.165) is 240 Å². The van der Waals surface area contributed by atoms with Gasteiger partial charge in [-0.25, -0.2) is 29.9 Å². The summed E-state index contributed by atoms with van der Waals surface area (Å²) in [6, 6.07) is 104. The number of hydrogen-bond donors (Lipinski definition) is 6. The Morgan fingerprint density at radius 1 is 0.179 bits per heavy atom. The molecule has 0 saturated carbocycles. The summed E-state index contributed by atoms with van der Waals surface area (Å²) in [5.41, 5.74) is 43.5. The molecule has 0 saturated heterocycles. The van der Waals surface area contributed by atoms with E-state index in [4.69, 9.17) is 29.9 Å². The van der Waals surface area contributed by atoms with Gasteiger partial charge in [-0.1, -0.05) is 289 Å². The topological polar surface area (TPSA) is 172 Å². The van der Waals surface area contributed by atoms with E-state index in [1.807, 2.05) is 12.1 Å². The number of fused-ring (bicyclic) bond motifs is 24. The summed E-state index contributed by atoms with van der Waals surface area (Å²) >= 11 is 0. The van der Waals surface area contributed by atoms with E-state index in [2.05, 4.69) is 489 Å². The zero-order chi connectivity index (χ0) is 95.5. The molecule has 0 spiro atoms. The molecular weight excluding hydrogens is 1710 g/mol. The predicted octanol–water partition coefficient (Wildman–Crippen LogP) is 31.9. The number of nitrogens with one attached hydrogen (secondary N) is 6. The molecule has 6 aliphatic heterocycles. The van der Waals surface area contributed by atoms with Gasteiger partial charge in [-0.2, -0.15) is 0 Å². The minimum absolute atomic E-state index is 0.205. The Hall–Kier alpha value is -17.3. The van der Waals surface area contributed by atoms with Gasteiger partial charge < -0.3 is 29.9 Å². The minimum atomic E-state index is -0.205. The normalized spacial score (nSPS) is 12.7. The molecule has 140 heavy (non-hydrogen) atoms. The van der Waals surface area contributed by atoms with Crippen molar-refractivity contribution in [1.82, 2.24) is 59.8 Å². The highest BCUT2D eigenvalue weighted by Gasteiger charge is 2.29. The van der Waals surface area contributed by atoms with E-state index >= 15 is 0 Å². The summed E-state index contributed by atoms with van der Waals surface area (Å²) in [6.45, 7) is 27.6. The van der Waals surface area contributed by atoms with E-state index in [-0.39, 0.29) is 21.7 Å². The number of nitrogens with zero attached hydrogens (tertiary/aromatic N) is 6. The van der Waals surface area contributed by atoms with Gasteiger partial charge in [-0.15, -0.1) is 0 Å². The van der Waals surface area contributed by atoms with Crippen molar-refractivity contribution in [3.05, 3.63) is 404 Å². The number of hydrogen-bond acceptors (Lipinski definition) is 6. The van der Waals surface area contributed by atoms with Crippen molar-refractivity contribution >= 4 is 139 Å². The van der Waals surface area contributed by atoms with Crippen molar-refractivity contribution in [2.24, 2.45) is 0 Å². The molecule has 0 radical (unpaired) electrons. The van der Waals surface area contributed by atoms with Crippen LogP contribution < -0.4 is 0 Å². The van der Waals surface area contributed by atoms with Crippen LogP contribution in [0.1, 0.15) is 196 Å². The Bertz CT molecular complexity index is 8690. The van der Waals surface area contributed by atoms with Gasteiger partial charge >= 0.3 is 0 Å². The van der Waals surface area contributed by atoms with Gasteiger partial charge in [0, 0.05) is 111 Å². The molecule has 0 unspecified atom stereocenters. The summed E-state index contributed by atoms with van der Waals surface area (Å²) in [4.78, 5) is 56.8. The number of aromatic amines is 6. The monoisotopic (exact) mass is 1810 g/mol. The number of rotatable bonds is 8. The number of benzene rings is 8. The highest BCUT2D eigenvalue weighted by Crippen LogP contribution is 2.46. The Labute approximate surface area is 814 Å². The molecule has 9 aromatic heterocycles. The smallest absolute Gasteiger partial charge is 0.0815 e. The molecule has 12 nitrogen and oxygen atoms in total. The van der Waals surface area contributed by atoms with E-state index in [1.54, 1.807) is 0 Å². The molecule has 12 heteroatoms. The fourth-order valence-electron chi connectivity index (χ4n) is 19.6. The summed E-state index contributed by atoms with van der Waals surface area (Å²) < 4.78 is 0. The first kappa shape index (κ1) is 86.8. The van der Waals surface area contributed by atoms with Crippen LogP contribution in [0.3, 0.4) is 0 Å². The van der Waals surface area contributed by atoms with Crippen LogP contribution in [-0.2, 0) is 21.7 Å². The van der Waals surface area contributed by atoms with Crippen molar-refractivity contribution in [2.75, 3.05) is 0 Å². The average molecular weight is 1810 g/mol. The Kier molecular flexibility index (Phi) is 21.4. The van der Waals surface area contributed by atoms with Gasteiger partial charge in [0.15, 0.2) is 0 Å². The maximum Gasteiger partial charge on any atom is 0.0815 e. The van der Waals surface area contributed by atoms with Crippen LogP contribution in [0.5, 0.6) is 0 Å². The zero-order valence-corrected chi connectivity index (χ0v) is 80.3. The van der Waals surface area contributed by atoms with E-state index in [9.17, 15) is 0 Å². The molecule has 0 aliphatic carbocycles. The third-order valence-electron chi connectivity index (χ3n) is 27.1. The second-order valence-corrected chi connectivity index (χ2v) is 40.9. The maximum atomic E-state index is 5.91. The maximum absolute atomic E-state index is 5.91. The lowest BCUT2D eigenvalue weighted by Gasteiger charge is -2.26. The summed E-state index contributed by atoms with van der Waals surface area (Å²) in [7, 11) is 0. The van der Waals surface area contributed by atoms with Gasteiger partial charge in [-0.05, 0) is 271 Å². The fourth-order valence-corrected chi connectivity index (χ4v) is 19.6. The first-order valence-electron chi connectivity index (χ1n) is 48.0. The van der Waals surface area contributed by atoms with E-state index < -0.39 is 0 Å². The van der Waals surface area contributed by atoms with Gasteiger partial charge in [0.2, 0.25) is 0 Å². The summed E-state index contributed by atoms with van der Waals surface area (Å²) in [5.74, 6) is 15.0. The fraction of sp³-hybridized carbons (Fsp3) is 0.125. The quantitative estimate of drug-likeness (QED) is 0.0827. The first-order valence-corrected chi connectivity index (χ1v) is 48.0. The van der Waals surface area contributed by atoms with Gasteiger partial charge in [0.05, 0.1) is 90.5 Å². The van der Waals surface area contributed by atoms with Crippen molar-refractivity contribution < 1.29 is 0 Å². The predicted molar refractivity (Wildman–Crippen MR) is 587 cm³/mol. The molecule has 8 aromatic carbocycles. The summed E-state index contributed by atoms with van der Waals surface area (Å²) in [6.07, 6.45) is 25.6. The number of aromatic nitrogens is 12. The van der Waals surface area contributed by atoms with Crippen LogP contribution >= 0.6 is 0 Å². The standard InChI is InChI=1S/C128H102N12/c1-125(2,3)87-69-85(70-88(73-87)126(4,5)6)123-113-59-55-99(135-113)96(48-38-78-33-39-83(40-34-78)121-109-63-61-107(137-109)119(81-29-21-15-22-30-81)103-51-45-93(131-103)76-94-46-52-104(132-94)120(82-31-23-16-24-32-82)108-62-64-110(121)138-108)100-56-60-114(136-100)124(86-71-89(127(7,8)9)74-90(72-86)128(10,11)12)116-68-66-112(140-116)122(111-65-67-115(123)139-111)84-41-35-77(36-42-84)37-47-95-97-53-57-105(133-97)117(79-25-17-13-18-26-79)101-49-43-91(129-101)75-92-44-50-102(130-92)118(80-27-19-14-20-28-80)106-58-54-98(95)134-106/h13-36,39-46,49-76,129,131,134-135,138,140H,1-12H3. The van der Waals surface area contributed by atoms with Crippen molar-refractivity contribution in [1.29, 1.82) is 0 Å². The van der Waals surface area contributed by atoms with Gasteiger partial charge in [-0.3, -0.25) is 0 Å². The molecule has 674 valence electrons. The van der Waals surface area contributed by atoms with Crippen LogP contribution in [0.15, 0.2) is 291 Å². The van der Waals surface area contributed by atoms with E-state index in [1.165, 1.54) is 22.3 Å². The molecule has 24 bridgehead atoms. The zero-order valence-electron chi connectivity index (χ0n) is 80.3. The van der Waals surface area contributed by atoms with Gasteiger partial charge in [0.1, 0.15) is 0 Å². The lowest BCUT2D eigenvalue weighted by Crippen LogP contribution is -2.16. The van der Waals surface area contributed by atoms with Crippen molar-refractivity contribution in [3.63, 3.8) is 0 Å². The third kappa shape index (κ3) is 16.8. The third-order valence-corrected chi connectivity index (χ3v) is 27.1. The highest BCUT2D eigenvalue weighted by molar-refractivity contribution is 6.03. The van der Waals surface area contributed by atoms with Gasteiger partial charge in [0.25, 0.3) is 0 Å². The van der Waals surface area contributed by atoms with Crippen LogP contribution in [-0.4, -0.2) is 59.8 Å². The van der Waals surface area contributed by atoms with E-state index in [0.29, 0.717) is 5.69 Å². The molecule has 6 aliphatic rings. The molecule has 17 aromatic rings. The number of H-pyrrole nitrogens is 6. The lowest BCUT2D eigenvalue weighted by atomic mass is 9.78. The van der Waals surface area contributed by atoms with Crippen LogP contribution in [0, 0.1) is 23.7 Å². The Morgan fingerprint density at radius 2 is 0.400 bits per heavy atom. The molecule has 6 N–H and O–H groups in total. The highest BCUT2D eigenvalue weighted by atomic mass is 14.8. The largest absolute Gasteiger partial charge is 0.355 e. The Morgan fingerprint density at radius 3 is 0.686 bits per heavy atom. The first-order chi connectivity index (χ1) is 67.8. The molecular formula is C128H102N12. The van der Waals surface area contributed by atoms with Crippen LogP contribution in [0.4, 0.5) is 0 Å². The molecule has 0 amide bonds. The second-order valence-electron chi connectivity index (χ2n) is 40.9. The molecule has 0 fully saturated rings. The molecule has 0 atom stereocenters. The van der Waals surface area contributed by atoms with Crippen molar-refractivity contribution in [3.8, 4) is 113 Å². The second kappa shape index (κ2) is 34.5. The molecule has 23 rings (SSSR count). The minimum Gasteiger partial charge on any atom is -0.355 e. The van der Waals surface area contributed by atoms with Crippen molar-refractivity contribution in [2.45, 2.75) is 105 Å². The van der Waals surface area contributed by atoms with Crippen LogP contribution in [0.2, 0.25) is 0 Å². The SMILES string of the molecule is CC(C)(C)c1cc(-c2c3nc(c(-c4ccc(C#Cc5c6nc(c(-c7ccccc7)c7ccc(cc8nc(c(-c9ccccc9)c9ccc5[nH]9)C=C8)[nH]7)C=C6)cc4)c4ccc([nH]4)c(-c4cc(C(C)(C)C)cc(C(C)(C)C)c4)c4nc(c(C#Cc5ccc(-c6c7nc(c(-c8ccccc8)c8ccc(cc9nc(c(-c%10ccccc%10)c%10ccc6[nH]%10)C=C9)[nH]8)C=C7)cc5)c5ccc2[nH]5)C=C4)C=C3)cc(C(C)(C)C)c1. The lowest BCUT2D eigenvalue weighted by molar-refractivity contribution is 0.568. The van der Waals surface area contributed by atoms with Crippen LogP contribution in [0.25, 0.3) is 228 Å².